The maximum atomic E-state index is 11.8. The van der Waals surface area contributed by atoms with Gasteiger partial charge in [-0.2, -0.15) is 0 Å². The molecule has 0 atom stereocenters. The molecule has 30 heavy (non-hydrogen) atoms. The summed E-state index contributed by atoms with van der Waals surface area (Å²) < 4.78 is 7.35. The highest BCUT2D eigenvalue weighted by Gasteiger charge is 2.19. The number of fused-ring (bicyclic) bond motifs is 1. The Labute approximate surface area is 177 Å². The van der Waals surface area contributed by atoms with Crippen molar-refractivity contribution in [2.24, 2.45) is 0 Å². The van der Waals surface area contributed by atoms with Gasteiger partial charge in [0.25, 0.3) is 0 Å². The topological polar surface area (TPSA) is 91.9 Å². The van der Waals surface area contributed by atoms with Gasteiger partial charge in [-0.3, -0.25) is 0 Å². The Bertz CT molecular complexity index is 1260. The third-order valence-corrected chi connectivity index (χ3v) is 5.10. The van der Waals surface area contributed by atoms with E-state index in [9.17, 15) is 20.1 Å². The highest BCUT2D eigenvalue weighted by molar-refractivity contribution is 7.80. The Kier molecular flexibility index (Phi) is 5.12. The molecule has 0 fully saturated rings. The highest BCUT2D eigenvalue weighted by atomic mass is 32.1. The molecule has 0 aliphatic heterocycles. The molecule has 1 heterocycles. The van der Waals surface area contributed by atoms with E-state index in [1.165, 1.54) is 29.0 Å². The van der Waals surface area contributed by atoms with E-state index in [1.54, 1.807) is 18.2 Å². The number of aromatic carboxylic acids is 1. The maximum Gasteiger partial charge on any atom is 0.337 e. The van der Waals surface area contributed by atoms with E-state index in [0.29, 0.717) is 28.8 Å². The van der Waals surface area contributed by atoms with Gasteiger partial charge >= 0.3 is 5.97 Å². The number of carboxylic acids is 1. The fraction of sp³-hybridized carbons (Fsp3) is 0.0435. The normalized spacial score (nSPS) is 10.8. The van der Waals surface area contributed by atoms with E-state index in [0.717, 1.165) is 5.56 Å². The minimum Gasteiger partial charge on any atom is -0.508 e. The van der Waals surface area contributed by atoms with Gasteiger partial charge in [0.1, 0.15) is 28.8 Å². The Morgan fingerprint density at radius 2 is 1.73 bits per heavy atom. The molecule has 0 amide bonds. The molecule has 4 aromatic rings. The highest BCUT2D eigenvalue weighted by Crippen LogP contribution is 2.30. The first-order chi connectivity index (χ1) is 14.4. The summed E-state index contributed by atoms with van der Waals surface area (Å²) in [5.74, 6) is -0.855. The van der Waals surface area contributed by atoms with Gasteiger partial charge in [0, 0.05) is 17.6 Å². The summed E-state index contributed by atoms with van der Waals surface area (Å²) in [6, 6.07) is 18.9. The number of rotatable bonds is 5. The number of benzene rings is 3. The quantitative estimate of drug-likeness (QED) is 0.411. The minimum atomic E-state index is -1.10. The summed E-state index contributed by atoms with van der Waals surface area (Å²) >= 11 is 5.49. The van der Waals surface area contributed by atoms with Crippen LogP contribution in [-0.4, -0.2) is 30.8 Å². The lowest BCUT2D eigenvalue weighted by molar-refractivity contribution is 0.0699. The zero-order valence-corrected chi connectivity index (χ0v) is 16.5. The predicted octanol–water partition coefficient (Wildman–Crippen LogP) is 4.55. The Morgan fingerprint density at radius 3 is 2.43 bits per heavy atom. The number of hydrogen-bond donors (Lipinski definition) is 3. The predicted molar refractivity (Wildman–Crippen MR) is 117 cm³/mol. The largest absolute Gasteiger partial charge is 0.508 e. The first-order valence-electron chi connectivity index (χ1n) is 9.06. The van der Waals surface area contributed by atoms with E-state index in [2.05, 4.69) is 0 Å². The van der Waals surface area contributed by atoms with Crippen molar-refractivity contribution in [2.45, 2.75) is 6.61 Å². The van der Waals surface area contributed by atoms with Crippen LogP contribution in [0.5, 0.6) is 17.2 Å². The Hall–Kier alpha value is -3.84. The van der Waals surface area contributed by atoms with Crippen LogP contribution in [-0.2, 0) is 6.61 Å². The van der Waals surface area contributed by atoms with Gasteiger partial charge in [-0.1, -0.05) is 42.5 Å². The first kappa shape index (κ1) is 19.5. The second-order valence-electron chi connectivity index (χ2n) is 6.68. The summed E-state index contributed by atoms with van der Waals surface area (Å²) in [5, 5.41) is 29.8. The molecule has 1 aromatic heterocycles. The number of aromatic hydroxyl groups is 2. The molecule has 150 valence electrons. The lowest BCUT2D eigenvalue weighted by atomic mass is 10.1. The lowest BCUT2D eigenvalue weighted by Gasteiger charge is -2.10. The number of ether oxygens (including phenoxy) is 1. The second kappa shape index (κ2) is 7.88. The first-order valence-corrected chi connectivity index (χ1v) is 9.46. The molecule has 3 aromatic carbocycles. The molecule has 0 radical (unpaired) electrons. The van der Waals surface area contributed by atoms with Crippen molar-refractivity contribution in [3.8, 4) is 17.2 Å². The van der Waals surface area contributed by atoms with Gasteiger partial charge in [-0.05, 0) is 35.9 Å². The van der Waals surface area contributed by atoms with Crippen molar-refractivity contribution in [3.63, 3.8) is 0 Å². The number of hydrogen-bond acceptors (Lipinski definition) is 5. The third kappa shape index (κ3) is 3.70. The zero-order chi connectivity index (χ0) is 21.3. The molecule has 0 bridgehead atoms. The van der Waals surface area contributed by atoms with Crippen LogP contribution in [0.3, 0.4) is 0 Å². The van der Waals surface area contributed by atoms with Crippen molar-refractivity contribution in [1.82, 2.24) is 4.57 Å². The van der Waals surface area contributed by atoms with E-state index < -0.39 is 5.97 Å². The van der Waals surface area contributed by atoms with Crippen LogP contribution < -0.4 is 4.74 Å². The van der Waals surface area contributed by atoms with Crippen LogP contribution in [0.2, 0.25) is 0 Å². The second-order valence-corrected chi connectivity index (χ2v) is 7.06. The summed E-state index contributed by atoms with van der Waals surface area (Å²) in [7, 11) is 0. The summed E-state index contributed by atoms with van der Waals surface area (Å²) in [6.45, 7) is 0.356. The molecule has 6 nitrogen and oxygen atoms in total. The van der Waals surface area contributed by atoms with E-state index in [-0.39, 0.29) is 22.1 Å². The number of carbonyl (C=O) groups is 1. The molecule has 4 rings (SSSR count). The van der Waals surface area contributed by atoms with E-state index in [1.807, 2.05) is 30.3 Å². The number of carboxylic acid groups (broad SMARTS) is 1. The fourth-order valence-corrected chi connectivity index (χ4v) is 3.53. The number of thiocarbonyl (C=S) groups is 1. The Morgan fingerprint density at radius 1 is 0.967 bits per heavy atom. The van der Waals surface area contributed by atoms with Gasteiger partial charge in [-0.25, -0.2) is 4.79 Å². The third-order valence-electron chi connectivity index (χ3n) is 4.69. The molecule has 0 spiro atoms. The van der Waals surface area contributed by atoms with Gasteiger partial charge in [0.05, 0.1) is 16.6 Å². The number of nitrogens with zero attached hydrogens (tertiary/aromatic N) is 1. The average Bonchev–Trinajstić information content (AvgIpc) is 3.12. The van der Waals surface area contributed by atoms with Crippen LogP contribution in [0.25, 0.3) is 10.9 Å². The molecule has 0 aliphatic carbocycles. The average molecular weight is 419 g/mol. The van der Waals surface area contributed by atoms with Crippen LogP contribution >= 0.6 is 12.2 Å². The van der Waals surface area contributed by atoms with Crippen LogP contribution in [0.15, 0.2) is 72.9 Å². The van der Waals surface area contributed by atoms with Gasteiger partial charge < -0.3 is 24.6 Å². The van der Waals surface area contributed by atoms with Crippen molar-refractivity contribution in [2.75, 3.05) is 0 Å². The minimum absolute atomic E-state index is 0.0655. The number of phenolic OH excluding ortho intramolecular Hbond substituents is 2. The van der Waals surface area contributed by atoms with Gasteiger partial charge in [0.2, 0.25) is 0 Å². The van der Waals surface area contributed by atoms with Gasteiger partial charge in [-0.15, -0.1) is 0 Å². The number of aromatic nitrogens is 1. The molecular formula is C23H17NO5S. The van der Waals surface area contributed by atoms with E-state index in [4.69, 9.17) is 17.0 Å². The SMILES string of the molecule is O=C(O)c1cn(C(=S)c2ccc(O)cc2O)c2ccc(OCc3ccccc3)cc12. The van der Waals surface area contributed by atoms with Crippen molar-refractivity contribution < 1.29 is 24.9 Å². The molecular weight excluding hydrogens is 402 g/mol. The van der Waals surface area contributed by atoms with E-state index >= 15 is 0 Å². The smallest absolute Gasteiger partial charge is 0.337 e. The van der Waals surface area contributed by atoms with Crippen molar-refractivity contribution >= 4 is 34.1 Å². The molecule has 0 saturated heterocycles. The maximum absolute atomic E-state index is 11.8. The van der Waals surface area contributed by atoms with Crippen LogP contribution in [0.1, 0.15) is 21.5 Å². The molecule has 0 aliphatic rings. The van der Waals surface area contributed by atoms with Crippen molar-refractivity contribution in [3.05, 3.63) is 89.6 Å². The fourth-order valence-electron chi connectivity index (χ4n) is 3.21. The van der Waals surface area contributed by atoms with Crippen LogP contribution in [0.4, 0.5) is 0 Å². The monoisotopic (exact) mass is 419 g/mol. The summed E-state index contributed by atoms with van der Waals surface area (Å²) in [5.41, 5.74) is 1.94. The van der Waals surface area contributed by atoms with Crippen LogP contribution in [0, 0.1) is 0 Å². The molecule has 3 N–H and O–H groups in total. The van der Waals surface area contributed by atoms with Gasteiger partial charge in [0.15, 0.2) is 0 Å². The summed E-state index contributed by atoms with van der Waals surface area (Å²) in [4.78, 5) is 12.0. The zero-order valence-electron chi connectivity index (χ0n) is 15.6. The standard InChI is InChI=1S/C23H17NO5S/c25-15-6-8-17(21(26)10-15)22(30)24-12-19(23(27)28)18-11-16(7-9-20(18)24)29-13-14-4-2-1-3-5-14/h1-12,25-26H,13H2,(H,27,28). The number of phenols is 2. The molecule has 7 heteroatoms. The van der Waals surface area contributed by atoms with Crippen molar-refractivity contribution in [1.29, 1.82) is 0 Å². The molecule has 0 unspecified atom stereocenters. The summed E-state index contributed by atoms with van der Waals surface area (Å²) in [6.07, 6.45) is 1.42. The lowest BCUT2D eigenvalue weighted by Crippen LogP contribution is -2.09. The Balaban J connectivity index is 1.73. The molecule has 0 saturated carbocycles.